The van der Waals surface area contributed by atoms with Gasteiger partial charge in [0, 0.05) is 54.3 Å². The summed E-state index contributed by atoms with van der Waals surface area (Å²) in [5.74, 6) is 0.870. The minimum absolute atomic E-state index is 0.132. The van der Waals surface area contributed by atoms with Crippen LogP contribution in [-0.4, -0.2) is 49.9 Å². The van der Waals surface area contributed by atoms with Crippen LogP contribution in [0.2, 0.25) is 0 Å². The zero-order valence-corrected chi connectivity index (χ0v) is 14.6. The fraction of sp³-hybridized carbons (Fsp3) is 0.625. The second-order valence-corrected chi connectivity index (χ2v) is 7.14. The first-order valence-electron chi connectivity index (χ1n) is 7.38. The molecule has 1 aromatic carbocycles. The van der Waals surface area contributed by atoms with Crippen molar-refractivity contribution in [2.45, 2.75) is 19.9 Å². The van der Waals surface area contributed by atoms with Crippen LogP contribution in [0, 0.1) is 5.41 Å². The van der Waals surface area contributed by atoms with Crippen LogP contribution in [0.3, 0.4) is 0 Å². The van der Waals surface area contributed by atoms with E-state index in [1.807, 2.05) is 12.1 Å². The monoisotopic (exact) mass is 356 g/mol. The van der Waals surface area contributed by atoms with Gasteiger partial charge >= 0.3 is 0 Å². The first-order valence-corrected chi connectivity index (χ1v) is 8.18. The topological polar surface area (TPSA) is 44.7 Å². The first-order chi connectivity index (χ1) is 9.99. The Hall–Kier alpha value is -0.620. The van der Waals surface area contributed by atoms with Crippen LogP contribution in [0.15, 0.2) is 22.7 Å². The molecule has 5 heteroatoms. The third kappa shape index (κ3) is 3.77. The predicted molar refractivity (Wildman–Crippen MR) is 88.7 cm³/mol. The van der Waals surface area contributed by atoms with Gasteiger partial charge in [-0.2, -0.15) is 0 Å². The number of nitrogens with zero attached hydrogens (tertiary/aromatic N) is 1. The lowest BCUT2D eigenvalue weighted by Gasteiger charge is -2.43. The van der Waals surface area contributed by atoms with Gasteiger partial charge < -0.3 is 15.2 Å². The maximum Gasteiger partial charge on any atom is 0.124 e. The number of ether oxygens (including phenoxy) is 1. The Balaban J connectivity index is 2.43. The van der Waals surface area contributed by atoms with Crippen molar-refractivity contribution in [1.29, 1.82) is 0 Å². The standard InChI is InChI=1S/C16H25BrN2O2/c1-16(2,11-20)15(19-8-6-18-7-9-19)13-5-4-12(17)10-14(13)21-3/h4-5,10,15,18,20H,6-9,11H2,1-3H3/t15-/m0/s1. The first kappa shape index (κ1) is 16.7. The van der Waals surface area contributed by atoms with Crippen LogP contribution >= 0.6 is 15.9 Å². The van der Waals surface area contributed by atoms with E-state index in [-0.39, 0.29) is 18.1 Å². The zero-order valence-electron chi connectivity index (χ0n) is 13.0. The van der Waals surface area contributed by atoms with E-state index in [1.165, 1.54) is 0 Å². The number of benzene rings is 1. The van der Waals surface area contributed by atoms with Crippen molar-refractivity contribution in [3.63, 3.8) is 0 Å². The third-order valence-corrected chi connectivity index (χ3v) is 4.65. The molecule has 0 aliphatic carbocycles. The molecular formula is C16H25BrN2O2. The summed E-state index contributed by atoms with van der Waals surface area (Å²) in [6.07, 6.45) is 0. The molecule has 0 radical (unpaired) electrons. The molecule has 2 rings (SSSR count). The molecule has 0 spiro atoms. The molecule has 21 heavy (non-hydrogen) atoms. The molecule has 0 amide bonds. The van der Waals surface area contributed by atoms with Crippen LogP contribution in [0.1, 0.15) is 25.5 Å². The van der Waals surface area contributed by atoms with Crippen LogP contribution in [0.25, 0.3) is 0 Å². The molecule has 2 N–H and O–H groups in total. The second kappa shape index (κ2) is 7.09. The summed E-state index contributed by atoms with van der Waals surface area (Å²) in [4.78, 5) is 2.44. The summed E-state index contributed by atoms with van der Waals surface area (Å²) < 4.78 is 6.59. The number of halogens is 1. The Kier molecular flexibility index (Phi) is 5.66. The van der Waals surface area contributed by atoms with Crippen LogP contribution < -0.4 is 10.1 Å². The molecule has 1 heterocycles. The minimum Gasteiger partial charge on any atom is -0.496 e. The highest BCUT2D eigenvalue weighted by Gasteiger charge is 2.37. The molecule has 1 aliphatic rings. The molecular weight excluding hydrogens is 332 g/mol. The lowest BCUT2D eigenvalue weighted by atomic mass is 9.79. The number of nitrogens with one attached hydrogen (secondary N) is 1. The van der Waals surface area contributed by atoms with Crippen molar-refractivity contribution in [3.05, 3.63) is 28.2 Å². The number of hydrogen-bond donors (Lipinski definition) is 2. The highest BCUT2D eigenvalue weighted by Crippen LogP contribution is 2.42. The Morgan fingerprint density at radius 2 is 2.05 bits per heavy atom. The molecule has 4 nitrogen and oxygen atoms in total. The number of piperazine rings is 1. The molecule has 1 aliphatic heterocycles. The molecule has 118 valence electrons. The lowest BCUT2D eigenvalue weighted by Crippen LogP contribution is -2.49. The fourth-order valence-electron chi connectivity index (χ4n) is 3.05. The Morgan fingerprint density at radius 3 is 2.62 bits per heavy atom. The van der Waals surface area contributed by atoms with Gasteiger partial charge in [-0.05, 0) is 12.1 Å². The van der Waals surface area contributed by atoms with Gasteiger partial charge in [-0.15, -0.1) is 0 Å². The van der Waals surface area contributed by atoms with E-state index in [0.717, 1.165) is 42.0 Å². The maximum absolute atomic E-state index is 9.88. The van der Waals surface area contributed by atoms with Crippen LogP contribution in [-0.2, 0) is 0 Å². The van der Waals surface area contributed by atoms with Gasteiger partial charge in [0.2, 0.25) is 0 Å². The Morgan fingerprint density at radius 1 is 1.38 bits per heavy atom. The van der Waals surface area contributed by atoms with Gasteiger partial charge in [-0.3, -0.25) is 4.90 Å². The smallest absolute Gasteiger partial charge is 0.124 e. The highest BCUT2D eigenvalue weighted by atomic mass is 79.9. The fourth-order valence-corrected chi connectivity index (χ4v) is 3.39. The summed E-state index contributed by atoms with van der Waals surface area (Å²) in [5.41, 5.74) is 0.903. The van der Waals surface area contributed by atoms with Crippen molar-refractivity contribution >= 4 is 15.9 Å². The molecule has 0 aromatic heterocycles. The molecule has 1 saturated heterocycles. The summed E-state index contributed by atoms with van der Waals surface area (Å²) in [5, 5.41) is 13.3. The van der Waals surface area contributed by atoms with E-state index >= 15 is 0 Å². The van der Waals surface area contributed by atoms with Gasteiger partial charge in [-0.25, -0.2) is 0 Å². The predicted octanol–water partition coefficient (Wildman–Crippen LogP) is 2.42. The van der Waals surface area contributed by atoms with Crippen LogP contribution in [0.4, 0.5) is 0 Å². The normalized spacial score (nSPS) is 18.5. The van der Waals surface area contributed by atoms with E-state index in [0.29, 0.717) is 0 Å². The van der Waals surface area contributed by atoms with E-state index in [2.05, 4.69) is 46.1 Å². The average molecular weight is 357 g/mol. The van der Waals surface area contributed by atoms with Crippen molar-refractivity contribution < 1.29 is 9.84 Å². The molecule has 1 aromatic rings. The van der Waals surface area contributed by atoms with E-state index in [1.54, 1.807) is 7.11 Å². The molecule has 1 fully saturated rings. The van der Waals surface area contributed by atoms with Crippen molar-refractivity contribution in [2.24, 2.45) is 5.41 Å². The van der Waals surface area contributed by atoms with Crippen molar-refractivity contribution in [2.75, 3.05) is 39.9 Å². The van der Waals surface area contributed by atoms with E-state index in [9.17, 15) is 5.11 Å². The Labute approximate surface area is 135 Å². The SMILES string of the molecule is COc1cc(Br)ccc1[C@H](N1CCNCC1)C(C)(C)CO. The van der Waals surface area contributed by atoms with Crippen molar-refractivity contribution in [1.82, 2.24) is 10.2 Å². The average Bonchev–Trinajstić information content (AvgIpc) is 2.50. The van der Waals surface area contributed by atoms with Crippen LogP contribution in [0.5, 0.6) is 5.75 Å². The number of hydrogen-bond acceptors (Lipinski definition) is 4. The van der Waals surface area contributed by atoms with E-state index in [4.69, 9.17) is 4.74 Å². The van der Waals surface area contributed by atoms with Gasteiger partial charge in [0.15, 0.2) is 0 Å². The lowest BCUT2D eigenvalue weighted by molar-refractivity contribution is 0.0292. The number of aliphatic hydroxyl groups is 1. The van der Waals surface area contributed by atoms with Gasteiger partial charge in [0.1, 0.15) is 5.75 Å². The summed E-state index contributed by atoms with van der Waals surface area (Å²) in [7, 11) is 1.70. The number of aliphatic hydroxyl groups excluding tert-OH is 1. The molecule has 0 unspecified atom stereocenters. The summed E-state index contributed by atoms with van der Waals surface area (Å²) in [6.45, 7) is 8.29. The maximum atomic E-state index is 9.88. The number of rotatable bonds is 5. The number of methoxy groups -OCH3 is 1. The Bertz CT molecular complexity index is 473. The van der Waals surface area contributed by atoms with Gasteiger partial charge in [0.25, 0.3) is 0 Å². The molecule has 0 saturated carbocycles. The largest absolute Gasteiger partial charge is 0.496 e. The summed E-state index contributed by atoms with van der Waals surface area (Å²) >= 11 is 3.50. The quantitative estimate of drug-likeness (QED) is 0.850. The summed E-state index contributed by atoms with van der Waals surface area (Å²) in [6, 6.07) is 6.28. The molecule has 1 atom stereocenters. The second-order valence-electron chi connectivity index (χ2n) is 6.22. The zero-order chi connectivity index (χ0) is 15.5. The highest BCUT2D eigenvalue weighted by molar-refractivity contribution is 9.10. The van der Waals surface area contributed by atoms with Crippen molar-refractivity contribution in [3.8, 4) is 5.75 Å². The molecule has 0 bridgehead atoms. The van der Waals surface area contributed by atoms with Gasteiger partial charge in [0.05, 0.1) is 7.11 Å². The third-order valence-electron chi connectivity index (χ3n) is 4.15. The van der Waals surface area contributed by atoms with E-state index < -0.39 is 0 Å². The van der Waals surface area contributed by atoms with Gasteiger partial charge in [-0.1, -0.05) is 35.8 Å². The minimum atomic E-state index is -0.238.